The van der Waals surface area contributed by atoms with Gasteiger partial charge in [-0.25, -0.2) is 9.37 Å². The smallest absolute Gasteiger partial charge is 0.251 e. The standard InChI is InChI=1S/C15H9FN4OS/c16-9-2-7(5-17)1-8(3-9)12-4-10-13(22-12)11(15(19)21)6-20-14(10)18/h1-4,6H,(H2,18,20)(H2,19,21). The van der Waals surface area contributed by atoms with E-state index in [0.717, 1.165) is 6.07 Å². The van der Waals surface area contributed by atoms with Crippen LogP contribution in [0.1, 0.15) is 15.9 Å². The quantitative estimate of drug-likeness (QED) is 0.758. The lowest BCUT2D eigenvalue weighted by atomic mass is 10.1. The van der Waals surface area contributed by atoms with Gasteiger partial charge in [0.2, 0.25) is 0 Å². The summed E-state index contributed by atoms with van der Waals surface area (Å²) in [6.45, 7) is 0. The number of primary amides is 1. The molecular weight excluding hydrogens is 303 g/mol. The molecule has 0 spiro atoms. The number of fused-ring (bicyclic) bond motifs is 1. The molecule has 2 heterocycles. The average Bonchev–Trinajstić information content (AvgIpc) is 2.92. The Hall–Kier alpha value is -2.98. The summed E-state index contributed by atoms with van der Waals surface area (Å²) < 4.78 is 14.2. The predicted molar refractivity (Wildman–Crippen MR) is 82.7 cm³/mol. The van der Waals surface area contributed by atoms with Gasteiger partial charge in [-0.2, -0.15) is 5.26 Å². The first-order valence-electron chi connectivity index (χ1n) is 6.18. The van der Waals surface area contributed by atoms with Gasteiger partial charge in [0.1, 0.15) is 11.6 Å². The van der Waals surface area contributed by atoms with Crippen LogP contribution in [0.5, 0.6) is 0 Å². The van der Waals surface area contributed by atoms with Gasteiger partial charge in [0.25, 0.3) is 5.91 Å². The van der Waals surface area contributed by atoms with Crippen LogP contribution in [-0.4, -0.2) is 10.9 Å². The van der Waals surface area contributed by atoms with Crippen LogP contribution >= 0.6 is 11.3 Å². The number of thiophene rings is 1. The van der Waals surface area contributed by atoms with Crippen LogP contribution in [0.25, 0.3) is 20.5 Å². The number of nitrogens with two attached hydrogens (primary N) is 2. The summed E-state index contributed by atoms with van der Waals surface area (Å²) in [5, 5.41) is 9.51. The number of amides is 1. The zero-order chi connectivity index (χ0) is 15.9. The second-order valence-corrected chi connectivity index (χ2v) is 5.67. The van der Waals surface area contributed by atoms with Crippen molar-refractivity contribution in [2.75, 3.05) is 5.73 Å². The van der Waals surface area contributed by atoms with E-state index in [1.807, 2.05) is 6.07 Å². The molecule has 7 heteroatoms. The highest BCUT2D eigenvalue weighted by Crippen LogP contribution is 2.37. The summed E-state index contributed by atoms with van der Waals surface area (Å²) in [5.41, 5.74) is 12.2. The van der Waals surface area contributed by atoms with E-state index < -0.39 is 11.7 Å². The fourth-order valence-electron chi connectivity index (χ4n) is 2.16. The van der Waals surface area contributed by atoms with Gasteiger partial charge in [-0.3, -0.25) is 4.79 Å². The zero-order valence-corrected chi connectivity index (χ0v) is 11.9. The summed E-state index contributed by atoms with van der Waals surface area (Å²) >= 11 is 1.25. The molecule has 0 saturated heterocycles. The molecule has 0 aliphatic carbocycles. The summed E-state index contributed by atoms with van der Waals surface area (Å²) in [6.07, 6.45) is 1.33. The molecule has 0 atom stereocenters. The first-order valence-corrected chi connectivity index (χ1v) is 7.00. The SMILES string of the molecule is N#Cc1cc(F)cc(-c2cc3c(N)ncc(C(N)=O)c3s2)c1. The maximum Gasteiger partial charge on any atom is 0.251 e. The highest BCUT2D eigenvalue weighted by Gasteiger charge is 2.15. The number of aromatic nitrogens is 1. The molecule has 4 N–H and O–H groups in total. The number of nitrogen functional groups attached to an aromatic ring is 1. The molecule has 108 valence electrons. The maximum absolute atomic E-state index is 13.6. The number of carbonyl (C=O) groups excluding carboxylic acids is 1. The van der Waals surface area contributed by atoms with Gasteiger partial charge in [0.05, 0.1) is 21.9 Å². The Kier molecular flexibility index (Phi) is 3.23. The Bertz CT molecular complexity index is 958. The Morgan fingerprint density at radius 2 is 2.09 bits per heavy atom. The van der Waals surface area contributed by atoms with Gasteiger partial charge in [0.15, 0.2) is 0 Å². The lowest BCUT2D eigenvalue weighted by molar-refractivity contribution is 0.100. The van der Waals surface area contributed by atoms with Crippen molar-refractivity contribution >= 4 is 33.1 Å². The topological polar surface area (TPSA) is 106 Å². The molecule has 0 aliphatic rings. The molecule has 5 nitrogen and oxygen atoms in total. The van der Waals surface area contributed by atoms with Gasteiger partial charge in [-0.1, -0.05) is 0 Å². The molecule has 0 radical (unpaired) electrons. The summed E-state index contributed by atoms with van der Waals surface area (Å²) in [4.78, 5) is 16.1. The van der Waals surface area contributed by atoms with Gasteiger partial charge in [-0.05, 0) is 29.8 Å². The third-order valence-corrected chi connectivity index (χ3v) is 4.38. The Labute approximate surface area is 128 Å². The third-order valence-electron chi connectivity index (χ3n) is 3.16. The van der Waals surface area contributed by atoms with Crippen LogP contribution in [0, 0.1) is 17.1 Å². The number of hydrogen-bond donors (Lipinski definition) is 2. The second kappa shape index (κ2) is 5.09. The lowest BCUT2D eigenvalue weighted by Crippen LogP contribution is -2.11. The van der Waals surface area contributed by atoms with Crippen molar-refractivity contribution in [3.05, 3.63) is 47.4 Å². The minimum atomic E-state index is -0.608. The molecule has 1 amide bonds. The predicted octanol–water partition coefficient (Wildman–Crippen LogP) is 2.66. The highest BCUT2D eigenvalue weighted by atomic mass is 32.1. The van der Waals surface area contributed by atoms with E-state index in [4.69, 9.17) is 16.7 Å². The molecule has 0 saturated carbocycles. The molecule has 0 unspecified atom stereocenters. The lowest BCUT2D eigenvalue weighted by Gasteiger charge is -1.99. The fraction of sp³-hybridized carbons (Fsp3) is 0. The number of anilines is 1. The third kappa shape index (κ3) is 2.25. The Morgan fingerprint density at radius 1 is 1.32 bits per heavy atom. The maximum atomic E-state index is 13.6. The summed E-state index contributed by atoms with van der Waals surface area (Å²) in [5.74, 6) is -0.852. The van der Waals surface area contributed by atoms with E-state index >= 15 is 0 Å². The van der Waals surface area contributed by atoms with Crippen molar-refractivity contribution in [1.82, 2.24) is 4.98 Å². The number of nitriles is 1. The van der Waals surface area contributed by atoms with Crippen LogP contribution in [0.4, 0.5) is 10.2 Å². The van der Waals surface area contributed by atoms with Crippen LogP contribution < -0.4 is 11.5 Å². The van der Waals surface area contributed by atoms with E-state index in [2.05, 4.69) is 4.98 Å². The van der Waals surface area contributed by atoms with E-state index in [0.29, 0.717) is 20.5 Å². The van der Waals surface area contributed by atoms with E-state index in [1.165, 1.54) is 23.6 Å². The van der Waals surface area contributed by atoms with Crippen molar-refractivity contribution in [2.24, 2.45) is 5.73 Å². The minimum absolute atomic E-state index is 0.216. The van der Waals surface area contributed by atoms with E-state index in [9.17, 15) is 9.18 Å². The first kappa shape index (κ1) is 14.0. The van der Waals surface area contributed by atoms with Gasteiger partial charge in [0, 0.05) is 16.5 Å². The molecule has 3 aromatic rings. The van der Waals surface area contributed by atoms with Crippen molar-refractivity contribution in [3.63, 3.8) is 0 Å². The van der Waals surface area contributed by atoms with E-state index in [1.54, 1.807) is 12.1 Å². The summed E-state index contributed by atoms with van der Waals surface area (Å²) in [7, 11) is 0. The normalized spacial score (nSPS) is 10.5. The number of benzene rings is 1. The van der Waals surface area contributed by atoms with Crippen LogP contribution in [-0.2, 0) is 0 Å². The van der Waals surface area contributed by atoms with E-state index in [-0.39, 0.29) is 16.9 Å². The van der Waals surface area contributed by atoms with Crippen LogP contribution in [0.2, 0.25) is 0 Å². The van der Waals surface area contributed by atoms with Gasteiger partial charge >= 0.3 is 0 Å². The Balaban J connectivity index is 2.28. The molecule has 0 bridgehead atoms. The average molecular weight is 312 g/mol. The minimum Gasteiger partial charge on any atom is -0.383 e. The van der Waals surface area contributed by atoms with Gasteiger partial charge in [-0.15, -0.1) is 11.3 Å². The largest absolute Gasteiger partial charge is 0.383 e. The first-order chi connectivity index (χ1) is 10.5. The number of rotatable bonds is 2. The molecule has 1 aromatic carbocycles. The number of pyridine rings is 1. The number of carbonyl (C=O) groups is 1. The molecule has 22 heavy (non-hydrogen) atoms. The Morgan fingerprint density at radius 3 is 2.77 bits per heavy atom. The molecule has 0 aliphatic heterocycles. The fourth-order valence-corrected chi connectivity index (χ4v) is 3.33. The van der Waals surface area contributed by atoms with Crippen LogP contribution in [0.3, 0.4) is 0 Å². The number of nitrogens with zero attached hydrogens (tertiary/aromatic N) is 2. The second-order valence-electron chi connectivity index (χ2n) is 4.62. The molecule has 3 rings (SSSR count). The van der Waals surface area contributed by atoms with Crippen molar-refractivity contribution < 1.29 is 9.18 Å². The number of hydrogen-bond acceptors (Lipinski definition) is 5. The molecule has 2 aromatic heterocycles. The van der Waals surface area contributed by atoms with Gasteiger partial charge < -0.3 is 11.5 Å². The van der Waals surface area contributed by atoms with Crippen molar-refractivity contribution in [3.8, 4) is 16.5 Å². The molecule has 0 fully saturated rings. The molecular formula is C15H9FN4OS. The monoisotopic (exact) mass is 312 g/mol. The summed E-state index contributed by atoms with van der Waals surface area (Å²) in [6, 6.07) is 7.66. The number of halogens is 1. The highest BCUT2D eigenvalue weighted by molar-refractivity contribution is 7.22. The van der Waals surface area contributed by atoms with Crippen molar-refractivity contribution in [1.29, 1.82) is 5.26 Å². The van der Waals surface area contributed by atoms with Crippen LogP contribution in [0.15, 0.2) is 30.5 Å². The zero-order valence-electron chi connectivity index (χ0n) is 11.1. The van der Waals surface area contributed by atoms with Crippen molar-refractivity contribution in [2.45, 2.75) is 0 Å².